The molecule has 8 nitrogen and oxygen atoms in total. The van der Waals surface area contributed by atoms with Gasteiger partial charge in [0.25, 0.3) is 0 Å². The lowest BCUT2D eigenvalue weighted by Gasteiger charge is -2.26. The zero-order valence-corrected chi connectivity index (χ0v) is 22.3. The number of benzene rings is 2. The van der Waals surface area contributed by atoms with Crippen LogP contribution in [0, 0.1) is 5.41 Å². The van der Waals surface area contributed by atoms with Crippen LogP contribution in [0.3, 0.4) is 0 Å². The second-order valence-electron chi connectivity index (χ2n) is 9.40. The van der Waals surface area contributed by atoms with E-state index in [0.717, 1.165) is 5.56 Å². The van der Waals surface area contributed by atoms with E-state index in [9.17, 15) is 22.8 Å². The van der Waals surface area contributed by atoms with Gasteiger partial charge >= 0.3 is 18.2 Å². The normalized spacial score (nSPS) is 14.5. The molecule has 3 aromatic rings. The highest BCUT2D eigenvalue weighted by Gasteiger charge is 2.61. The largest absolute Gasteiger partial charge is 0.481 e. The van der Waals surface area contributed by atoms with Crippen molar-refractivity contribution in [2.45, 2.75) is 51.6 Å². The van der Waals surface area contributed by atoms with E-state index in [2.05, 4.69) is 34.9 Å². The smallest absolute Gasteiger partial charge is 0.404 e. The molecule has 0 bridgehead atoms. The van der Waals surface area contributed by atoms with E-state index in [0.29, 0.717) is 46.6 Å². The molecule has 1 aromatic heterocycles. The number of primary amides is 1. The number of nitrogens with zero attached hydrogens (tertiary/aromatic N) is 3. The topological polar surface area (TPSA) is 128 Å². The Hall–Kier alpha value is -3.73. The summed E-state index contributed by atoms with van der Waals surface area (Å²) < 4.78 is 42.1. The van der Waals surface area contributed by atoms with Crippen LogP contribution in [0.1, 0.15) is 61.4 Å². The maximum atomic E-state index is 12.3. The maximum Gasteiger partial charge on any atom is 0.404 e. The average Bonchev–Trinajstić information content (AvgIpc) is 3.41. The lowest BCUT2D eigenvalue weighted by atomic mass is 9.86. The van der Waals surface area contributed by atoms with Crippen molar-refractivity contribution in [2.24, 2.45) is 11.1 Å². The second kappa shape index (κ2) is 12.0. The van der Waals surface area contributed by atoms with Gasteiger partial charge in [0, 0.05) is 16.7 Å². The zero-order chi connectivity index (χ0) is 29.0. The molecule has 1 aliphatic rings. The molecule has 2 aromatic carbocycles. The third-order valence-corrected chi connectivity index (χ3v) is 6.84. The summed E-state index contributed by atoms with van der Waals surface area (Å²) in [4.78, 5) is 35.1. The van der Waals surface area contributed by atoms with E-state index in [-0.39, 0.29) is 18.9 Å². The maximum absolute atomic E-state index is 12.3. The number of carboxylic acid groups (broad SMARTS) is 1. The highest BCUT2D eigenvalue weighted by molar-refractivity contribution is 6.33. The Labute approximate surface area is 228 Å². The van der Waals surface area contributed by atoms with E-state index in [1.54, 1.807) is 18.2 Å². The minimum atomic E-state index is -4.60. The monoisotopic (exact) mass is 564 g/mol. The molecule has 0 unspecified atom stereocenters. The lowest BCUT2D eigenvalue weighted by molar-refractivity contribution is -0.229. The summed E-state index contributed by atoms with van der Waals surface area (Å²) in [5.74, 6) is -1.15. The summed E-state index contributed by atoms with van der Waals surface area (Å²) in [7, 11) is 1.48. The first-order valence-electron chi connectivity index (χ1n) is 12.1. The van der Waals surface area contributed by atoms with Gasteiger partial charge in [-0.25, -0.2) is 4.98 Å². The third-order valence-electron chi connectivity index (χ3n) is 6.51. The summed E-state index contributed by atoms with van der Waals surface area (Å²) in [5.41, 5.74) is 5.73. The van der Waals surface area contributed by atoms with Crippen molar-refractivity contribution in [1.82, 2.24) is 15.0 Å². The molecule has 1 saturated carbocycles. The van der Waals surface area contributed by atoms with Crippen LogP contribution in [0.4, 0.5) is 13.2 Å². The Kier molecular flexibility index (Phi) is 9.16. The molecule has 1 fully saturated rings. The number of hydrogen-bond acceptors (Lipinski definition) is 6. The van der Waals surface area contributed by atoms with Gasteiger partial charge in [0.05, 0.1) is 12.1 Å². The first kappa shape index (κ1) is 29.8. The summed E-state index contributed by atoms with van der Waals surface area (Å²) >= 11 is 6.30. The molecule has 1 amide bonds. The first-order chi connectivity index (χ1) is 18.3. The Morgan fingerprint density at radius 1 is 1.05 bits per heavy atom. The Morgan fingerprint density at radius 3 is 2.21 bits per heavy atom. The number of nitrogens with two attached hydrogens (primary N) is 1. The van der Waals surface area contributed by atoms with Crippen LogP contribution in [-0.2, 0) is 4.79 Å². The minimum Gasteiger partial charge on any atom is -0.481 e. The second-order valence-corrected chi connectivity index (χ2v) is 9.81. The van der Waals surface area contributed by atoms with Crippen molar-refractivity contribution in [3.05, 3.63) is 58.6 Å². The van der Waals surface area contributed by atoms with Gasteiger partial charge in [0.15, 0.2) is 17.1 Å². The zero-order valence-electron chi connectivity index (χ0n) is 21.6. The van der Waals surface area contributed by atoms with Crippen LogP contribution >= 0.6 is 11.6 Å². The summed E-state index contributed by atoms with van der Waals surface area (Å²) in [6, 6.07) is 12.8. The summed E-state index contributed by atoms with van der Waals surface area (Å²) in [6.45, 7) is 4.24. The van der Waals surface area contributed by atoms with Crippen molar-refractivity contribution in [1.29, 1.82) is 0 Å². The van der Waals surface area contributed by atoms with Crippen molar-refractivity contribution in [3.8, 4) is 28.8 Å². The molecular weight excluding hydrogens is 537 g/mol. The predicted octanol–water partition coefficient (Wildman–Crippen LogP) is 6.28. The SMILES string of the molecule is COc1nc(-c2cccc(C(C)C)c2)nc(-c2cc(C(N)=O)ccc2Cl)n1.O=C(O)C1(C(F)(F)F)CCCC1. The van der Waals surface area contributed by atoms with Crippen LogP contribution in [0.25, 0.3) is 22.8 Å². The van der Waals surface area contributed by atoms with Gasteiger partial charge in [0.2, 0.25) is 5.91 Å². The third kappa shape index (κ3) is 6.65. The minimum absolute atomic E-state index is 0.158. The average molecular weight is 565 g/mol. The van der Waals surface area contributed by atoms with Gasteiger partial charge in [-0.15, -0.1) is 0 Å². The number of ether oxygens (including phenoxy) is 1. The van der Waals surface area contributed by atoms with Gasteiger partial charge in [-0.05, 0) is 48.6 Å². The Bertz CT molecular complexity index is 1360. The molecule has 0 radical (unpaired) electrons. The van der Waals surface area contributed by atoms with Crippen LogP contribution in [0.5, 0.6) is 6.01 Å². The molecule has 1 aliphatic carbocycles. The number of rotatable bonds is 6. The van der Waals surface area contributed by atoms with Crippen molar-refractivity contribution in [3.63, 3.8) is 0 Å². The lowest BCUT2D eigenvalue weighted by Crippen LogP contribution is -2.42. The van der Waals surface area contributed by atoms with Gasteiger partial charge in [-0.2, -0.15) is 23.1 Å². The molecule has 0 saturated heterocycles. The van der Waals surface area contributed by atoms with E-state index < -0.39 is 23.5 Å². The molecular formula is C27H28ClF3N4O4. The molecule has 4 rings (SSSR count). The number of halogens is 4. The molecule has 12 heteroatoms. The number of methoxy groups -OCH3 is 1. The van der Waals surface area contributed by atoms with Gasteiger partial charge < -0.3 is 15.6 Å². The van der Waals surface area contributed by atoms with Crippen molar-refractivity contribution < 1.29 is 32.6 Å². The van der Waals surface area contributed by atoms with Crippen LogP contribution in [0.15, 0.2) is 42.5 Å². The fourth-order valence-electron chi connectivity index (χ4n) is 4.18. The molecule has 1 heterocycles. The van der Waals surface area contributed by atoms with Crippen molar-refractivity contribution in [2.75, 3.05) is 7.11 Å². The first-order valence-corrected chi connectivity index (χ1v) is 12.5. The number of amides is 1. The fraction of sp³-hybridized carbons (Fsp3) is 0.370. The number of hydrogen-bond donors (Lipinski definition) is 2. The van der Waals surface area contributed by atoms with Crippen LogP contribution in [-0.4, -0.2) is 45.2 Å². The number of carboxylic acids is 1. The highest BCUT2D eigenvalue weighted by Crippen LogP contribution is 2.50. The Morgan fingerprint density at radius 2 is 1.69 bits per heavy atom. The van der Waals surface area contributed by atoms with Crippen molar-refractivity contribution >= 4 is 23.5 Å². The molecule has 0 atom stereocenters. The number of aromatic nitrogens is 3. The molecule has 3 N–H and O–H groups in total. The van der Waals surface area contributed by atoms with Gasteiger partial charge in [0.1, 0.15) is 0 Å². The molecule has 0 spiro atoms. The standard InChI is InChI=1S/C20H19ClN4O2.C7H9F3O2/c1-11(2)12-5-4-6-14(9-12)18-23-19(25-20(24-18)27-3)15-10-13(17(22)26)7-8-16(15)21;8-7(9,10)6(5(11)12)3-1-2-4-6/h4-11H,1-3H3,(H2,22,26);1-4H2,(H,11,12). The van der Waals surface area contributed by atoms with Crippen LogP contribution in [0.2, 0.25) is 5.02 Å². The fourth-order valence-corrected chi connectivity index (χ4v) is 4.38. The molecule has 0 aliphatic heterocycles. The number of carbonyl (C=O) groups excluding carboxylic acids is 1. The predicted molar refractivity (Wildman–Crippen MR) is 139 cm³/mol. The number of carbonyl (C=O) groups is 2. The van der Waals surface area contributed by atoms with E-state index >= 15 is 0 Å². The summed E-state index contributed by atoms with van der Waals surface area (Å²) in [5, 5.41) is 8.88. The van der Waals surface area contributed by atoms with Gasteiger partial charge in [-0.1, -0.05) is 56.5 Å². The van der Waals surface area contributed by atoms with Gasteiger partial charge in [-0.3, -0.25) is 9.59 Å². The molecule has 39 heavy (non-hydrogen) atoms. The molecule has 208 valence electrons. The van der Waals surface area contributed by atoms with E-state index in [4.69, 9.17) is 27.2 Å². The Balaban J connectivity index is 0.000000293. The van der Waals surface area contributed by atoms with E-state index in [1.807, 2.05) is 18.2 Å². The highest BCUT2D eigenvalue weighted by atomic mass is 35.5. The number of aliphatic carboxylic acids is 1. The van der Waals surface area contributed by atoms with E-state index in [1.165, 1.54) is 12.7 Å². The summed E-state index contributed by atoms with van der Waals surface area (Å²) in [6.07, 6.45) is -4.44. The quantitative estimate of drug-likeness (QED) is 0.360. The number of alkyl halides is 3. The van der Waals surface area contributed by atoms with Crippen LogP contribution < -0.4 is 10.5 Å².